The molecule has 0 bridgehead atoms. The summed E-state index contributed by atoms with van der Waals surface area (Å²) in [4.78, 5) is 115. The maximum Gasteiger partial charge on any atom is 0.414 e. The molecule has 72 heavy (non-hydrogen) atoms. The molecule has 0 radical (unpaired) electrons. The number of guanidine groups is 1. The van der Waals surface area contributed by atoms with Gasteiger partial charge in [-0.2, -0.15) is 0 Å². The number of hydrogen-bond donors (Lipinski definition) is 7. The first-order chi connectivity index (χ1) is 34.4. The van der Waals surface area contributed by atoms with E-state index in [9.17, 15) is 43.5 Å². The number of cyclic esters (lactones) is 1. The molecule has 1 saturated heterocycles. The fourth-order valence-corrected chi connectivity index (χ4v) is 7.89. The van der Waals surface area contributed by atoms with Crippen molar-refractivity contribution < 1.29 is 57.7 Å². The second-order valence-electron chi connectivity index (χ2n) is 18.7. The number of aliphatic imine (C=N–C) groups is 1. The van der Waals surface area contributed by atoms with Crippen LogP contribution >= 0.6 is 0 Å². The van der Waals surface area contributed by atoms with Crippen LogP contribution in [0.5, 0.6) is 0 Å². The summed E-state index contributed by atoms with van der Waals surface area (Å²) in [6.07, 6.45) is 5.29. The Morgan fingerprint density at radius 3 is 1.97 bits per heavy atom. The topological polar surface area (TPSA) is 272 Å². The van der Waals surface area contributed by atoms with Gasteiger partial charge < -0.3 is 45.5 Å². The summed E-state index contributed by atoms with van der Waals surface area (Å²) in [7, 11) is 1.51. The molecule has 7 N–H and O–H groups in total. The summed E-state index contributed by atoms with van der Waals surface area (Å²) in [6.45, 7) is 9.15. The Morgan fingerprint density at radius 1 is 0.778 bits per heavy atom. The second-order valence-corrected chi connectivity index (χ2v) is 18.7. The van der Waals surface area contributed by atoms with E-state index in [1.807, 2.05) is 32.2 Å². The van der Waals surface area contributed by atoms with Crippen molar-refractivity contribution in [1.82, 2.24) is 36.8 Å². The molecular formula is C52H78N8O12. The standard InChI is InChI=1S/C52H78N8O12/c1-8-10-11-12-13-14-15-22-27-42-36(6)49(66)60(7)41(28-34(3)4)47(64)57-44(35(5)9-2)48(65)56-40(33-70-31-37-23-18-16-19-24-37)46(63)55-39(45(62)53-30-43(61)72-42)29-54-50(58-51(67)68)59-52(69)71-32-38-25-20-17-21-26-38/h16-21,23-26,34-36,39-42,44H,8-15,22,27-33H2,1-7H3,(H,53,62)(H,55,63)(H,56,65)(H,57,64)(H,67,68)(H2,54,58,59,69)/t35-,36+,39-,40-,41-,42+,44-/m0/s1. The predicted octanol–water partition coefficient (Wildman–Crippen LogP) is 5.34. The number of nitrogens with one attached hydrogen (secondary N) is 6. The van der Waals surface area contributed by atoms with Crippen molar-refractivity contribution >= 4 is 53.7 Å². The molecule has 1 aliphatic rings. The summed E-state index contributed by atoms with van der Waals surface area (Å²) in [5.74, 6) is -6.78. The van der Waals surface area contributed by atoms with E-state index in [4.69, 9.17) is 14.2 Å². The molecule has 1 aliphatic heterocycles. The lowest BCUT2D eigenvalue weighted by atomic mass is 9.94. The van der Waals surface area contributed by atoms with Crippen molar-refractivity contribution in [1.29, 1.82) is 0 Å². The minimum Gasteiger partial charge on any atom is -0.465 e. The van der Waals surface area contributed by atoms with Crippen LogP contribution in [0.4, 0.5) is 9.59 Å². The fraction of sp³-hybridized carbons (Fsp3) is 0.596. The van der Waals surface area contributed by atoms with Crippen molar-refractivity contribution in [2.24, 2.45) is 22.7 Å². The molecule has 7 atom stereocenters. The molecule has 7 amide bonds. The van der Waals surface area contributed by atoms with Crippen molar-refractivity contribution in [3.8, 4) is 0 Å². The normalized spacial score (nSPS) is 21.4. The van der Waals surface area contributed by atoms with Crippen LogP contribution in [0.25, 0.3) is 0 Å². The van der Waals surface area contributed by atoms with E-state index in [-0.39, 0.29) is 25.6 Å². The molecule has 0 aromatic heterocycles. The van der Waals surface area contributed by atoms with Gasteiger partial charge in [-0.1, -0.05) is 154 Å². The van der Waals surface area contributed by atoms with Gasteiger partial charge in [0.15, 0.2) is 0 Å². The zero-order valence-corrected chi connectivity index (χ0v) is 43.0. The van der Waals surface area contributed by atoms with Gasteiger partial charge in [0, 0.05) is 7.05 Å². The van der Waals surface area contributed by atoms with Crippen LogP contribution in [-0.2, 0) is 56.2 Å². The molecule has 20 nitrogen and oxygen atoms in total. The number of alkyl carbamates (subject to hydrolysis) is 1. The van der Waals surface area contributed by atoms with Crippen LogP contribution in [0.1, 0.15) is 123 Å². The van der Waals surface area contributed by atoms with Crippen molar-refractivity contribution in [2.75, 3.05) is 26.7 Å². The molecule has 398 valence electrons. The molecule has 1 heterocycles. The van der Waals surface area contributed by atoms with Crippen LogP contribution in [0.3, 0.4) is 0 Å². The van der Waals surface area contributed by atoms with E-state index in [1.165, 1.54) is 18.4 Å². The summed E-state index contributed by atoms with van der Waals surface area (Å²) in [5, 5.41) is 24.3. The number of rotatable bonds is 21. The van der Waals surface area contributed by atoms with Crippen LogP contribution in [0.2, 0.25) is 0 Å². The zero-order chi connectivity index (χ0) is 53.0. The lowest BCUT2D eigenvalue weighted by Crippen LogP contribution is -2.61. The number of hydrogen-bond acceptors (Lipinski definition) is 12. The van der Waals surface area contributed by atoms with E-state index in [0.717, 1.165) is 44.1 Å². The van der Waals surface area contributed by atoms with Gasteiger partial charge in [-0.15, -0.1) is 0 Å². The van der Waals surface area contributed by atoms with Crippen molar-refractivity contribution in [3.05, 3.63) is 71.8 Å². The Morgan fingerprint density at radius 2 is 1.38 bits per heavy atom. The smallest absolute Gasteiger partial charge is 0.414 e. The molecule has 20 heteroatoms. The molecule has 3 rings (SSSR count). The average Bonchev–Trinajstić information content (AvgIpc) is 3.36. The summed E-state index contributed by atoms with van der Waals surface area (Å²) < 4.78 is 17.1. The molecule has 2 aromatic carbocycles. The zero-order valence-electron chi connectivity index (χ0n) is 43.0. The number of ether oxygens (including phenoxy) is 3. The number of carbonyl (C=O) groups excluding carboxylic acids is 7. The monoisotopic (exact) mass is 1010 g/mol. The first-order valence-electron chi connectivity index (χ1n) is 25.2. The predicted molar refractivity (Wildman–Crippen MR) is 270 cm³/mol. The third kappa shape index (κ3) is 21.8. The molecule has 0 unspecified atom stereocenters. The number of unbranched alkanes of at least 4 members (excludes halogenated alkanes) is 7. The van der Waals surface area contributed by atoms with E-state index in [1.54, 1.807) is 68.4 Å². The largest absolute Gasteiger partial charge is 0.465 e. The number of carboxylic acid groups (broad SMARTS) is 1. The Kier molecular flexibility index (Phi) is 26.9. The Labute approximate surface area is 423 Å². The number of likely N-dealkylation sites (N-methyl/N-ethyl adjacent to an activating group) is 1. The average molecular weight is 1010 g/mol. The van der Waals surface area contributed by atoms with Crippen molar-refractivity contribution in [2.45, 2.75) is 156 Å². The van der Waals surface area contributed by atoms with E-state index < -0.39 is 115 Å². The third-order valence-corrected chi connectivity index (χ3v) is 12.3. The highest BCUT2D eigenvalue weighted by Crippen LogP contribution is 2.23. The Bertz CT molecular complexity index is 2070. The fourth-order valence-electron chi connectivity index (χ4n) is 7.89. The third-order valence-electron chi connectivity index (χ3n) is 12.3. The van der Waals surface area contributed by atoms with Gasteiger partial charge in [-0.05, 0) is 42.2 Å². The van der Waals surface area contributed by atoms with Crippen LogP contribution in [0, 0.1) is 17.8 Å². The maximum absolute atomic E-state index is 14.4. The molecule has 2 aromatic rings. The van der Waals surface area contributed by atoms with E-state index in [0.29, 0.717) is 24.8 Å². The van der Waals surface area contributed by atoms with Gasteiger partial charge in [0.05, 0.1) is 25.7 Å². The number of nitrogens with zero attached hydrogens (tertiary/aromatic N) is 2. The minimum atomic E-state index is -1.68. The number of amides is 7. The van der Waals surface area contributed by atoms with Gasteiger partial charge in [-0.3, -0.25) is 39.4 Å². The lowest BCUT2D eigenvalue weighted by Gasteiger charge is -2.34. The molecule has 0 saturated carbocycles. The van der Waals surface area contributed by atoms with Crippen LogP contribution in [-0.4, -0.2) is 121 Å². The lowest BCUT2D eigenvalue weighted by molar-refractivity contribution is -0.157. The van der Waals surface area contributed by atoms with Crippen LogP contribution < -0.4 is 31.9 Å². The Balaban J connectivity index is 2.07. The van der Waals surface area contributed by atoms with Crippen molar-refractivity contribution in [3.63, 3.8) is 0 Å². The molecule has 0 spiro atoms. The highest BCUT2D eigenvalue weighted by Gasteiger charge is 2.38. The highest BCUT2D eigenvalue weighted by atomic mass is 16.6. The van der Waals surface area contributed by atoms with E-state index >= 15 is 0 Å². The summed E-state index contributed by atoms with van der Waals surface area (Å²) in [5.41, 5.74) is 1.39. The van der Waals surface area contributed by atoms with Gasteiger partial charge in [0.2, 0.25) is 35.5 Å². The van der Waals surface area contributed by atoms with Crippen LogP contribution in [0.15, 0.2) is 65.7 Å². The number of benzene rings is 2. The Hall–Kier alpha value is -6.57. The number of esters is 1. The molecule has 1 fully saturated rings. The first-order valence-corrected chi connectivity index (χ1v) is 25.2. The number of carbonyl (C=O) groups is 8. The SMILES string of the molecule is CCCCCCCCCC[C@H]1OC(=O)CNC(=O)[C@H](CN=C(NC(=O)O)NC(=O)OCc2ccccc2)NC(=O)[C@H](COCc2ccccc2)NC(=O)[C@H]([C@@H](C)CC)NC(=O)[C@H](CC(C)C)N(C)C(=O)[C@@H]1C. The molecular weight excluding hydrogens is 929 g/mol. The van der Waals surface area contributed by atoms with Gasteiger partial charge in [0.1, 0.15) is 43.4 Å². The quantitative estimate of drug-likeness (QED) is 0.0362. The summed E-state index contributed by atoms with van der Waals surface area (Å²) >= 11 is 0. The molecule has 0 aliphatic carbocycles. The van der Waals surface area contributed by atoms with Gasteiger partial charge in [0.25, 0.3) is 0 Å². The van der Waals surface area contributed by atoms with E-state index in [2.05, 4.69) is 38.5 Å². The maximum atomic E-state index is 14.4. The highest BCUT2D eigenvalue weighted by molar-refractivity contribution is 6.01. The van der Waals surface area contributed by atoms with Gasteiger partial charge in [-0.25, -0.2) is 14.6 Å². The minimum absolute atomic E-state index is 0.0221. The first kappa shape index (κ1) is 59.7. The second kappa shape index (κ2) is 32.4. The summed E-state index contributed by atoms with van der Waals surface area (Å²) in [6, 6.07) is 12.2. The van der Waals surface area contributed by atoms with Gasteiger partial charge >= 0.3 is 18.2 Å².